The normalized spacial score (nSPS) is 10.4. The van der Waals surface area contributed by atoms with Gasteiger partial charge in [-0.05, 0) is 38.5 Å². The lowest BCUT2D eigenvalue weighted by Crippen LogP contribution is -2.32. The number of rotatable bonds is 2. The molecule has 0 saturated carbocycles. The monoisotopic (exact) mass is 261 g/mol. The fourth-order valence-corrected chi connectivity index (χ4v) is 1.09. The van der Waals surface area contributed by atoms with E-state index < -0.39 is 11.7 Å². The molecule has 0 atom stereocenters. The van der Waals surface area contributed by atoms with Crippen LogP contribution in [-0.4, -0.2) is 11.7 Å². The van der Waals surface area contributed by atoms with E-state index in [0.717, 1.165) is 5.56 Å². The molecule has 1 amide bonds. The molecular weight excluding hydrogens is 245 g/mol. The third-order valence-corrected chi connectivity index (χ3v) is 1.75. The Morgan fingerprint density at radius 3 is 2.29 bits per heavy atom. The van der Waals surface area contributed by atoms with Gasteiger partial charge < -0.3 is 10.1 Å². The van der Waals surface area contributed by atoms with Gasteiger partial charge in [-0.2, -0.15) is 0 Å². The van der Waals surface area contributed by atoms with Crippen LogP contribution in [0.4, 0.5) is 9.18 Å². The highest BCUT2D eigenvalue weighted by atomic mass is 35.5. The zero-order valence-electron chi connectivity index (χ0n) is 10.1. The Balaban J connectivity index is 0.00000256. The highest BCUT2D eigenvalue weighted by Gasteiger charge is 2.15. The number of halogens is 2. The molecule has 0 heterocycles. The summed E-state index contributed by atoms with van der Waals surface area (Å²) in [4.78, 5) is 11.3. The highest BCUT2D eigenvalue weighted by molar-refractivity contribution is 5.85. The number of carbonyl (C=O) groups excluding carboxylic acids is 1. The summed E-state index contributed by atoms with van der Waals surface area (Å²) in [6.45, 7) is 5.72. The molecule has 0 radical (unpaired) electrons. The predicted octanol–water partition coefficient (Wildman–Crippen LogP) is 3.27. The molecule has 96 valence electrons. The first-order valence-electron chi connectivity index (χ1n) is 5.08. The molecule has 1 N–H and O–H groups in total. The first-order chi connectivity index (χ1) is 7.37. The Morgan fingerprint density at radius 1 is 1.29 bits per heavy atom. The van der Waals surface area contributed by atoms with Gasteiger partial charge in [0.25, 0.3) is 0 Å². The minimum atomic E-state index is -0.507. The van der Waals surface area contributed by atoms with Gasteiger partial charge in [-0.3, -0.25) is 0 Å². The number of amides is 1. The van der Waals surface area contributed by atoms with Crippen molar-refractivity contribution in [1.29, 1.82) is 0 Å². The Kier molecular flexibility index (Phi) is 5.96. The van der Waals surface area contributed by atoms with E-state index in [0.29, 0.717) is 6.54 Å². The average molecular weight is 262 g/mol. The van der Waals surface area contributed by atoms with Gasteiger partial charge in [0.1, 0.15) is 11.4 Å². The Morgan fingerprint density at radius 2 is 1.82 bits per heavy atom. The zero-order valence-corrected chi connectivity index (χ0v) is 10.9. The molecule has 17 heavy (non-hydrogen) atoms. The number of alkyl carbamates (subject to hydrolysis) is 1. The summed E-state index contributed by atoms with van der Waals surface area (Å²) in [6, 6.07) is 5.94. The van der Waals surface area contributed by atoms with Crippen molar-refractivity contribution < 1.29 is 13.9 Å². The van der Waals surface area contributed by atoms with Crippen LogP contribution in [0.2, 0.25) is 0 Å². The lowest BCUT2D eigenvalue weighted by molar-refractivity contribution is 0.0523. The topological polar surface area (TPSA) is 38.3 Å². The van der Waals surface area contributed by atoms with Crippen molar-refractivity contribution in [3.05, 3.63) is 35.6 Å². The van der Waals surface area contributed by atoms with Crippen LogP contribution in [0.3, 0.4) is 0 Å². The molecule has 1 aromatic carbocycles. The second kappa shape index (κ2) is 6.45. The van der Waals surface area contributed by atoms with Crippen molar-refractivity contribution >= 4 is 18.5 Å². The lowest BCUT2D eigenvalue weighted by Gasteiger charge is -2.19. The third kappa shape index (κ3) is 6.79. The molecule has 0 aromatic heterocycles. The number of ether oxygens (including phenoxy) is 1. The standard InChI is InChI=1S/C12H16FNO2.ClH/c1-12(2,3)16-11(15)14-8-9-4-6-10(13)7-5-9;/h4-7H,8H2,1-3H3,(H,14,15);1H. The van der Waals surface area contributed by atoms with Crippen LogP contribution in [0.15, 0.2) is 24.3 Å². The fraction of sp³-hybridized carbons (Fsp3) is 0.417. The maximum absolute atomic E-state index is 12.6. The predicted molar refractivity (Wildman–Crippen MR) is 66.7 cm³/mol. The van der Waals surface area contributed by atoms with E-state index >= 15 is 0 Å². The highest BCUT2D eigenvalue weighted by Crippen LogP contribution is 2.07. The molecular formula is C12H17ClFNO2. The summed E-state index contributed by atoms with van der Waals surface area (Å²) in [5, 5.41) is 2.59. The van der Waals surface area contributed by atoms with Gasteiger partial charge >= 0.3 is 6.09 Å². The Labute approximate surface area is 107 Å². The van der Waals surface area contributed by atoms with Gasteiger partial charge in [-0.15, -0.1) is 12.4 Å². The second-order valence-corrected chi connectivity index (χ2v) is 4.48. The van der Waals surface area contributed by atoms with Gasteiger partial charge in [-0.1, -0.05) is 12.1 Å². The van der Waals surface area contributed by atoms with Gasteiger partial charge in [0, 0.05) is 6.54 Å². The van der Waals surface area contributed by atoms with E-state index in [-0.39, 0.29) is 18.2 Å². The van der Waals surface area contributed by atoms with Crippen molar-refractivity contribution in [2.24, 2.45) is 0 Å². The van der Waals surface area contributed by atoms with E-state index in [1.54, 1.807) is 32.9 Å². The number of benzene rings is 1. The molecule has 0 unspecified atom stereocenters. The minimum Gasteiger partial charge on any atom is -0.444 e. The van der Waals surface area contributed by atoms with Gasteiger partial charge in [0.15, 0.2) is 0 Å². The van der Waals surface area contributed by atoms with Crippen LogP contribution >= 0.6 is 12.4 Å². The molecule has 0 aliphatic rings. The van der Waals surface area contributed by atoms with Crippen molar-refractivity contribution in [2.45, 2.75) is 32.9 Å². The van der Waals surface area contributed by atoms with Crippen LogP contribution in [0.5, 0.6) is 0 Å². The smallest absolute Gasteiger partial charge is 0.407 e. The Hall–Kier alpha value is -1.29. The zero-order chi connectivity index (χ0) is 12.2. The van der Waals surface area contributed by atoms with E-state index in [4.69, 9.17) is 4.74 Å². The van der Waals surface area contributed by atoms with Crippen LogP contribution in [0.25, 0.3) is 0 Å². The molecule has 1 aromatic rings. The molecule has 0 spiro atoms. The second-order valence-electron chi connectivity index (χ2n) is 4.48. The first-order valence-corrected chi connectivity index (χ1v) is 5.08. The molecule has 1 rings (SSSR count). The average Bonchev–Trinajstić information content (AvgIpc) is 2.14. The third-order valence-electron chi connectivity index (χ3n) is 1.75. The number of nitrogens with one attached hydrogen (secondary N) is 1. The van der Waals surface area contributed by atoms with Crippen molar-refractivity contribution in [3.63, 3.8) is 0 Å². The van der Waals surface area contributed by atoms with E-state index in [1.807, 2.05) is 0 Å². The summed E-state index contributed by atoms with van der Waals surface area (Å²) in [7, 11) is 0. The SMILES string of the molecule is CC(C)(C)OC(=O)NCc1ccc(F)cc1.Cl. The number of carbonyl (C=O) groups is 1. The van der Waals surface area contributed by atoms with E-state index in [2.05, 4.69) is 5.32 Å². The van der Waals surface area contributed by atoms with Crippen LogP contribution in [0.1, 0.15) is 26.3 Å². The minimum absolute atomic E-state index is 0. The summed E-state index contributed by atoms with van der Waals surface area (Å²) in [5.74, 6) is -0.291. The van der Waals surface area contributed by atoms with E-state index in [9.17, 15) is 9.18 Å². The maximum Gasteiger partial charge on any atom is 0.407 e. The van der Waals surface area contributed by atoms with Crippen LogP contribution < -0.4 is 5.32 Å². The quantitative estimate of drug-likeness (QED) is 0.887. The van der Waals surface area contributed by atoms with Gasteiger partial charge in [0.05, 0.1) is 0 Å². The summed E-state index contributed by atoms with van der Waals surface area (Å²) < 4.78 is 17.7. The summed E-state index contributed by atoms with van der Waals surface area (Å²) in [6.07, 6.45) is -0.475. The Bertz CT molecular complexity index is 360. The van der Waals surface area contributed by atoms with Crippen LogP contribution in [-0.2, 0) is 11.3 Å². The maximum atomic E-state index is 12.6. The summed E-state index contributed by atoms with van der Waals surface area (Å²) >= 11 is 0. The van der Waals surface area contributed by atoms with Crippen LogP contribution in [0, 0.1) is 5.82 Å². The molecule has 0 fully saturated rings. The fourth-order valence-electron chi connectivity index (χ4n) is 1.09. The molecule has 0 aliphatic carbocycles. The van der Waals surface area contributed by atoms with Gasteiger partial charge in [-0.25, -0.2) is 9.18 Å². The largest absolute Gasteiger partial charge is 0.444 e. The van der Waals surface area contributed by atoms with Crippen molar-refractivity contribution in [3.8, 4) is 0 Å². The van der Waals surface area contributed by atoms with Gasteiger partial charge in [0.2, 0.25) is 0 Å². The van der Waals surface area contributed by atoms with E-state index in [1.165, 1.54) is 12.1 Å². The molecule has 3 nitrogen and oxygen atoms in total. The first kappa shape index (κ1) is 15.7. The molecule has 0 saturated heterocycles. The molecule has 0 aliphatic heterocycles. The summed E-state index contributed by atoms with van der Waals surface area (Å²) in [5.41, 5.74) is 0.319. The molecule has 5 heteroatoms. The number of hydrogen-bond acceptors (Lipinski definition) is 2. The number of hydrogen-bond donors (Lipinski definition) is 1. The molecule has 0 bridgehead atoms. The lowest BCUT2D eigenvalue weighted by atomic mass is 10.2. The van der Waals surface area contributed by atoms with Crippen molar-refractivity contribution in [2.75, 3.05) is 0 Å². The van der Waals surface area contributed by atoms with Crippen molar-refractivity contribution in [1.82, 2.24) is 5.32 Å².